The molecule has 0 aliphatic carbocycles. The third kappa shape index (κ3) is 17.6. The van der Waals surface area contributed by atoms with Crippen LogP contribution in [0.1, 0.15) is 39.5 Å². The van der Waals surface area contributed by atoms with Crippen LogP contribution in [0.4, 0.5) is 0 Å². The molecule has 3 N–H and O–H groups in total. The maximum absolute atomic E-state index is 8.97. The van der Waals surface area contributed by atoms with E-state index in [2.05, 4.69) is 13.5 Å². The second-order valence-corrected chi connectivity index (χ2v) is 3.33. The second kappa shape index (κ2) is 12.6. The Morgan fingerprint density at radius 3 is 2.07 bits per heavy atom. The van der Waals surface area contributed by atoms with Gasteiger partial charge in [0.15, 0.2) is 0 Å². The highest BCUT2D eigenvalue weighted by atomic mass is 16.3. The smallest absolute Gasteiger partial charge is 0.0742 e. The van der Waals surface area contributed by atoms with Crippen molar-refractivity contribution in [2.24, 2.45) is 0 Å². The van der Waals surface area contributed by atoms with Gasteiger partial charge in [-0.3, -0.25) is 0 Å². The first-order chi connectivity index (χ1) is 6.58. The van der Waals surface area contributed by atoms with Gasteiger partial charge in [0.1, 0.15) is 0 Å². The minimum Gasteiger partial charge on any atom is -0.394 e. The van der Waals surface area contributed by atoms with Gasteiger partial charge in [0.05, 0.1) is 18.8 Å². The normalized spacial score (nSPS) is 13.8. The van der Waals surface area contributed by atoms with Crippen LogP contribution in [0.5, 0.6) is 0 Å². The van der Waals surface area contributed by atoms with Crippen molar-refractivity contribution < 1.29 is 15.3 Å². The van der Waals surface area contributed by atoms with Crippen LogP contribution < -0.4 is 0 Å². The molecule has 14 heavy (non-hydrogen) atoms. The first kappa shape index (κ1) is 16.1. The zero-order chi connectivity index (χ0) is 11.4. The van der Waals surface area contributed by atoms with Crippen molar-refractivity contribution in [2.75, 3.05) is 6.61 Å². The predicted octanol–water partition coefficient (Wildman–Crippen LogP) is 1.47. The largest absolute Gasteiger partial charge is 0.394 e. The van der Waals surface area contributed by atoms with Crippen LogP contribution >= 0.6 is 0 Å². The molecule has 0 aliphatic rings. The van der Waals surface area contributed by atoms with Gasteiger partial charge in [0.2, 0.25) is 0 Å². The van der Waals surface area contributed by atoms with E-state index in [0.717, 1.165) is 12.8 Å². The molecule has 3 nitrogen and oxygen atoms in total. The second-order valence-electron chi connectivity index (χ2n) is 3.33. The molecule has 0 spiro atoms. The fraction of sp³-hybridized carbons (Fsp3) is 0.818. The summed E-state index contributed by atoms with van der Waals surface area (Å²) >= 11 is 0. The molecule has 0 rings (SSSR count). The molecule has 86 valence electrons. The quantitative estimate of drug-likeness (QED) is 0.453. The van der Waals surface area contributed by atoms with Gasteiger partial charge in [-0.25, -0.2) is 0 Å². The van der Waals surface area contributed by atoms with Crippen LogP contribution in [0, 0.1) is 0 Å². The van der Waals surface area contributed by atoms with E-state index in [1.807, 2.05) is 0 Å². The van der Waals surface area contributed by atoms with E-state index in [-0.39, 0.29) is 12.7 Å². The Bertz CT molecular complexity index is 113. The highest BCUT2D eigenvalue weighted by Gasteiger charge is 1.94. The van der Waals surface area contributed by atoms with Gasteiger partial charge in [-0.15, -0.1) is 6.58 Å². The van der Waals surface area contributed by atoms with Crippen molar-refractivity contribution >= 4 is 0 Å². The lowest BCUT2D eigenvalue weighted by molar-refractivity contribution is 0.110. The lowest BCUT2D eigenvalue weighted by atomic mass is 10.1. The van der Waals surface area contributed by atoms with Crippen molar-refractivity contribution in [3.05, 3.63) is 12.7 Å². The molecule has 0 heterocycles. The molecule has 0 saturated carbocycles. The summed E-state index contributed by atoms with van der Waals surface area (Å²) in [5.41, 5.74) is 0. The Balaban J connectivity index is 0. The van der Waals surface area contributed by atoms with Gasteiger partial charge >= 0.3 is 0 Å². The van der Waals surface area contributed by atoms with Crippen molar-refractivity contribution in [2.45, 2.75) is 51.7 Å². The Morgan fingerprint density at radius 2 is 1.79 bits per heavy atom. The fourth-order valence-electron chi connectivity index (χ4n) is 0.721. The zero-order valence-corrected chi connectivity index (χ0v) is 9.32. The lowest BCUT2D eigenvalue weighted by Crippen LogP contribution is -2.03. The van der Waals surface area contributed by atoms with Crippen LogP contribution in [0.25, 0.3) is 0 Å². The summed E-state index contributed by atoms with van der Waals surface area (Å²) in [4.78, 5) is 0. The van der Waals surface area contributed by atoms with E-state index in [1.54, 1.807) is 6.08 Å². The van der Waals surface area contributed by atoms with Crippen LogP contribution in [-0.4, -0.2) is 34.1 Å². The number of hydrogen-bond donors (Lipinski definition) is 3. The number of rotatable bonds is 6. The van der Waals surface area contributed by atoms with E-state index >= 15 is 0 Å². The molecular weight excluding hydrogens is 180 g/mol. The molecule has 0 bridgehead atoms. The summed E-state index contributed by atoms with van der Waals surface area (Å²) in [5, 5.41) is 25.0. The Kier molecular flexibility index (Phi) is 14.5. The molecule has 2 atom stereocenters. The third-order valence-corrected chi connectivity index (χ3v) is 1.64. The average molecular weight is 204 g/mol. The topological polar surface area (TPSA) is 60.7 Å². The summed E-state index contributed by atoms with van der Waals surface area (Å²) < 4.78 is 0. The molecule has 0 aromatic carbocycles. The summed E-state index contributed by atoms with van der Waals surface area (Å²) in [6.45, 7) is 7.03. The van der Waals surface area contributed by atoms with Gasteiger partial charge in [-0.2, -0.15) is 0 Å². The van der Waals surface area contributed by atoms with Crippen LogP contribution in [0.2, 0.25) is 0 Å². The maximum Gasteiger partial charge on any atom is 0.0742 e. The fourth-order valence-corrected chi connectivity index (χ4v) is 0.721. The van der Waals surface area contributed by atoms with Gasteiger partial charge < -0.3 is 15.3 Å². The highest BCUT2D eigenvalue weighted by Crippen LogP contribution is 2.02. The molecule has 0 saturated heterocycles. The SMILES string of the molecule is C=CC(O)CCCCC.CC(O)CO. The summed E-state index contributed by atoms with van der Waals surface area (Å²) in [6, 6.07) is 0. The molecule has 3 heteroatoms. The molecule has 0 aromatic rings. The number of hydrogen-bond acceptors (Lipinski definition) is 3. The van der Waals surface area contributed by atoms with Crippen molar-refractivity contribution in [3.8, 4) is 0 Å². The Morgan fingerprint density at radius 1 is 1.29 bits per heavy atom. The minimum atomic E-state index is -0.560. The van der Waals surface area contributed by atoms with E-state index in [9.17, 15) is 0 Å². The van der Waals surface area contributed by atoms with Gasteiger partial charge in [-0.1, -0.05) is 32.3 Å². The van der Waals surface area contributed by atoms with E-state index in [1.165, 1.54) is 19.8 Å². The lowest BCUT2D eigenvalue weighted by Gasteiger charge is -2.01. The first-order valence-corrected chi connectivity index (χ1v) is 5.18. The summed E-state index contributed by atoms with van der Waals surface area (Å²) in [5.74, 6) is 0. The van der Waals surface area contributed by atoms with Crippen molar-refractivity contribution in [1.29, 1.82) is 0 Å². The van der Waals surface area contributed by atoms with E-state index in [4.69, 9.17) is 15.3 Å². The number of aliphatic hydroxyl groups excluding tert-OH is 3. The van der Waals surface area contributed by atoms with Gasteiger partial charge in [0.25, 0.3) is 0 Å². The van der Waals surface area contributed by atoms with Crippen LogP contribution in [0.3, 0.4) is 0 Å². The number of unbranched alkanes of at least 4 members (excludes halogenated alkanes) is 2. The number of aliphatic hydroxyl groups is 3. The van der Waals surface area contributed by atoms with Crippen molar-refractivity contribution in [1.82, 2.24) is 0 Å². The zero-order valence-electron chi connectivity index (χ0n) is 9.32. The Hall–Kier alpha value is -0.380. The molecule has 0 amide bonds. The molecule has 0 radical (unpaired) electrons. The van der Waals surface area contributed by atoms with Gasteiger partial charge in [-0.05, 0) is 13.3 Å². The van der Waals surface area contributed by atoms with E-state index < -0.39 is 6.10 Å². The van der Waals surface area contributed by atoms with Gasteiger partial charge in [0, 0.05) is 0 Å². The average Bonchev–Trinajstić information content (AvgIpc) is 2.19. The first-order valence-electron chi connectivity index (χ1n) is 5.18. The molecule has 0 fully saturated rings. The minimum absolute atomic E-state index is 0.139. The predicted molar refractivity (Wildman–Crippen MR) is 59.1 cm³/mol. The molecule has 0 aliphatic heterocycles. The highest BCUT2D eigenvalue weighted by molar-refractivity contribution is 4.77. The molecule has 0 aromatic heterocycles. The summed E-state index contributed by atoms with van der Waals surface area (Å²) in [6.07, 6.45) is 5.16. The maximum atomic E-state index is 8.97. The standard InChI is InChI=1S/C8H16O.C3H8O2/c1-3-5-6-7-8(9)4-2;1-3(5)2-4/h4,8-9H,2-3,5-7H2,1H3;3-5H,2H2,1H3. The van der Waals surface area contributed by atoms with Crippen LogP contribution in [0.15, 0.2) is 12.7 Å². The molecule has 2 unspecified atom stereocenters. The van der Waals surface area contributed by atoms with E-state index in [0.29, 0.717) is 0 Å². The monoisotopic (exact) mass is 204 g/mol. The summed E-state index contributed by atoms with van der Waals surface area (Å²) in [7, 11) is 0. The van der Waals surface area contributed by atoms with Crippen molar-refractivity contribution in [3.63, 3.8) is 0 Å². The van der Waals surface area contributed by atoms with Crippen LogP contribution in [-0.2, 0) is 0 Å². The molecular formula is C11H24O3. The Labute approximate surface area is 87.1 Å². The third-order valence-electron chi connectivity index (χ3n) is 1.64.